The fraction of sp³-hybridized carbons (Fsp3) is 0.909. The van der Waals surface area contributed by atoms with Gasteiger partial charge in [0.2, 0.25) is 5.91 Å². The molecule has 0 rings (SSSR count). The normalized spacial score (nSPS) is 14.2. The average Bonchev–Trinajstić information content (AvgIpc) is 1.96. The Kier molecular flexibility index (Phi) is 5.13. The Bertz CT molecular complexity index is 182. The van der Waals surface area contributed by atoms with Crippen LogP contribution in [0.25, 0.3) is 0 Å². The zero-order chi connectivity index (χ0) is 11.4. The summed E-state index contributed by atoms with van der Waals surface area (Å²) < 4.78 is 0. The van der Waals surface area contributed by atoms with E-state index in [1.807, 2.05) is 20.8 Å². The Morgan fingerprint density at radius 2 is 1.86 bits per heavy atom. The van der Waals surface area contributed by atoms with E-state index in [1.165, 1.54) is 0 Å². The lowest BCUT2D eigenvalue weighted by Crippen LogP contribution is -2.39. The molecule has 2 N–H and O–H groups in total. The first-order chi connectivity index (χ1) is 6.23. The Balaban J connectivity index is 3.78. The third-order valence-electron chi connectivity index (χ3n) is 1.92. The first-order valence-electron chi connectivity index (χ1n) is 5.20. The van der Waals surface area contributed by atoms with E-state index in [-0.39, 0.29) is 11.3 Å². The maximum absolute atomic E-state index is 11.4. The summed E-state index contributed by atoms with van der Waals surface area (Å²) in [4.78, 5) is 11.4. The van der Waals surface area contributed by atoms with Crippen molar-refractivity contribution in [2.75, 3.05) is 6.54 Å². The largest absolute Gasteiger partial charge is 0.391 e. The number of hydrogen-bond donors (Lipinski definition) is 2. The zero-order valence-corrected chi connectivity index (χ0v) is 9.92. The van der Waals surface area contributed by atoms with E-state index in [4.69, 9.17) is 0 Å². The minimum absolute atomic E-state index is 0.0136. The number of aliphatic hydroxyl groups is 1. The SMILES string of the molecule is CC(C)CC(O)CNC(=O)C(C)(C)C. The van der Waals surface area contributed by atoms with Crippen LogP contribution in [0.5, 0.6) is 0 Å². The molecule has 1 amide bonds. The standard InChI is InChI=1S/C11H23NO2/c1-8(2)6-9(13)7-12-10(14)11(3,4)5/h8-9,13H,6-7H2,1-5H3,(H,12,14). The molecule has 0 aromatic heterocycles. The highest BCUT2D eigenvalue weighted by Crippen LogP contribution is 2.12. The molecule has 0 saturated heterocycles. The average molecular weight is 201 g/mol. The van der Waals surface area contributed by atoms with Crippen molar-refractivity contribution in [2.24, 2.45) is 11.3 Å². The molecule has 0 aliphatic rings. The second kappa shape index (κ2) is 5.35. The second-order valence-electron chi connectivity index (χ2n) is 5.24. The number of nitrogens with one attached hydrogen (secondary N) is 1. The van der Waals surface area contributed by atoms with Gasteiger partial charge in [-0.05, 0) is 12.3 Å². The summed E-state index contributed by atoms with van der Waals surface area (Å²) in [6.07, 6.45) is 0.297. The monoisotopic (exact) mass is 201 g/mol. The number of carbonyl (C=O) groups is 1. The van der Waals surface area contributed by atoms with Crippen LogP contribution in [0.1, 0.15) is 41.0 Å². The third kappa shape index (κ3) is 5.97. The van der Waals surface area contributed by atoms with Crippen LogP contribution in [-0.4, -0.2) is 23.7 Å². The van der Waals surface area contributed by atoms with Crippen LogP contribution >= 0.6 is 0 Å². The molecule has 14 heavy (non-hydrogen) atoms. The Morgan fingerprint density at radius 1 is 1.36 bits per heavy atom. The van der Waals surface area contributed by atoms with Crippen molar-refractivity contribution in [3.63, 3.8) is 0 Å². The number of amides is 1. The van der Waals surface area contributed by atoms with Crippen LogP contribution in [0, 0.1) is 11.3 Å². The van der Waals surface area contributed by atoms with E-state index in [0.717, 1.165) is 6.42 Å². The van der Waals surface area contributed by atoms with E-state index in [9.17, 15) is 9.90 Å². The van der Waals surface area contributed by atoms with Crippen molar-refractivity contribution in [2.45, 2.75) is 47.1 Å². The van der Waals surface area contributed by atoms with Crippen LogP contribution in [0.3, 0.4) is 0 Å². The smallest absolute Gasteiger partial charge is 0.225 e. The molecule has 0 saturated carbocycles. The summed E-state index contributed by atoms with van der Waals surface area (Å²) >= 11 is 0. The molecule has 1 atom stereocenters. The van der Waals surface area contributed by atoms with Gasteiger partial charge in [-0.25, -0.2) is 0 Å². The molecule has 0 aromatic rings. The van der Waals surface area contributed by atoms with Gasteiger partial charge in [0.05, 0.1) is 6.10 Å². The molecule has 0 bridgehead atoms. The van der Waals surface area contributed by atoms with Crippen molar-refractivity contribution in [3.05, 3.63) is 0 Å². The van der Waals surface area contributed by atoms with Gasteiger partial charge in [-0.15, -0.1) is 0 Å². The highest BCUT2D eigenvalue weighted by Gasteiger charge is 2.21. The molecule has 3 heteroatoms. The summed E-state index contributed by atoms with van der Waals surface area (Å²) in [6, 6.07) is 0. The Hall–Kier alpha value is -0.570. The molecule has 0 radical (unpaired) electrons. The lowest BCUT2D eigenvalue weighted by molar-refractivity contribution is -0.129. The van der Waals surface area contributed by atoms with Gasteiger partial charge in [-0.1, -0.05) is 34.6 Å². The molecular weight excluding hydrogens is 178 g/mol. The topological polar surface area (TPSA) is 49.3 Å². The summed E-state index contributed by atoms with van der Waals surface area (Å²) in [5, 5.41) is 12.3. The van der Waals surface area contributed by atoms with E-state index in [1.54, 1.807) is 0 Å². The summed E-state index contributed by atoms with van der Waals surface area (Å²) in [6.45, 7) is 10.0. The fourth-order valence-electron chi connectivity index (χ4n) is 1.10. The number of aliphatic hydroxyl groups excluding tert-OH is 1. The van der Waals surface area contributed by atoms with E-state index >= 15 is 0 Å². The van der Waals surface area contributed by atoms with E-state index in [2.05, 4.69) is 19.2 Å². The predicted molar refractivity (Wildman–Crippen MR) is 57.9 cm³/mol. The van der Waals surface area contributed by atoms with Crippen LogP contribution in [0.15, 0.2) is 0 Å². The highest BCUT2D eigenvalue weighted by atomic mass is 16.3. The number of rotatable bonds is 4. The molecule has 84 valence electrons. The molecule has 0 aliphatic heterocycles. The van der Waals surface area contributed by atoms with E-state index < -0.39 is 6.10 Å². The van der Waals surface area contributed by atoms with Crippen molar-refractivity contribution in [1.29, 1.82) is 0 Å². The minimum Gasteiger partial charge on any atom is -0.391 e. The van der Waals surface area contributed by atoms with Crippen LogP contribution < -0.4 is 5.32 Å². The first kappa shape index (κ1) is 13.4. The first-order valence-corrected chi connectivity index (χ1v) is 5.20. The Labute approximate surface area is 86.9 Å². The summed E-state index contributed by atoms with van der Waals surface area (Å²) in [5.41, 5.74) is -0.377. The number of hydrogen-bond acceptors (Lipinski definition) is 2. The van der Waals surface area contributed by atoms with Gasteiger partial charge >= 0.3 is 0 Å². The van der Waals surface area contributed by atoms with Crippen molar-refractivity contribution >= 4 is 5.91 Å². The van der Waals surface area contributed by atoms with Crippen molar-refractivity contribution in [3.8, 4) is 0 Å². The second-order valence-corrected chi connectivity index (χ2v) is 5.24. The summed E-state index contributed by atoms with van der Waals surface area (Å²) in [7, 11) is 0. The quantitative estimate of drug-likeness (QED) is 0.725. The minimum atomic E-state index is -0.429. The molecule has 0 spiro atoms. The summed E-state index contributed by atoms with van der Waals surface area (Å²) in [5.74, 6) is 0.442. The molecule has 0 fully saturated rings. The van der Waals surface area contributed by atoms with Crippen LogP contribution in [0.4, 0.5) is 0 Å². The zero-order valence-electron chi connectivity index (χ0n) is 9.92. The van der Waals surface area contributed by atoms with Gasteiger partial charge in [0, 0.05) is 12.0 Å². The predicted octanol–water partition coefficient (Wildman–Crippen LogP) is 1.56. The lowest BCUT2D eigenvalue weighted by atomic mass is 9.95. The molecule has 3 nitrogen and oxygen atoms in total. The van der Waals surface area contributed by atoms with Gasteiger partial charge in [-0.2, -0.15) is 0 Å². The highest BCUT2D eigenvalue weighted by molar-refractivity contribution is 5.81. The molecular formula is C11H23NO2. The van der Waals surface area contributed by atoms with Gasteiger partial charge in [0.1, 0.15) is 0 Å². The third-order valence-corrected chi connectivity index (χ3v) is 1.92. The molecule has 0 heterocycles. The lowest BCUT2D eigenvalue weighted by Gasteiger charge is -2.20. The number of carbonyl (C=O) groups excluding carboxylic acids is 1. The molecule has 1 unspecified atom stereocenters. The fourth-order valence-corrected chi connectivity index (χ4v) is 1.10. The Morgan fingerprint density at radius 3 is 2.21 bits per heavy atom. The van der Waals surface area contributed by atoms with Gasteiger partial charge in [0.25, 0.3) is 0 Å². The van der Waals surface area contributed by atoms with Gasteiger partial charge in [0.15, 0.2) is 0 Å². The van der Waals surface area contributed by atoms with Crippen molar-refractivity contribution in [1.82, 2.24) is 5.32 Å². The van der Waals surface area contributed by atoms with Crippen molar-refractivity contribution < 1.29 is 9.90 Å². The molecule has 0 aliphatic carbocycles. The van der Waals surface area contributed by atoms with Crippen LogP contribution in [-0.2, 0) is 4.79 Å². The van der Waals surface area contributed by atoms with Gasteiger partial charge in [-0.3, -0.25) is 4.79 Å². The maximum atomic E-state index is 11.4. The van der Waals surface area contributed by atoms with Crippen LogP contribution in [0.2, 0.25) is 0 Å². The van der Waals surface area contributed by atoms with Gasteiger partial charge < -0.3 is 10.4 Å². The molecule has 0 aromatic carbocycles. The van der Waals surface area contributed by atoms with E-state index in [0.29, 0.717) is 12.5 Å². The maximum Gasteiger partial charge on any atom is 0.225 e.